The minimum Gasteiger partial charge on any atom is -0.444 e. The van der Waals surface area contributed by atoms with Gasteiger partial charge in [-0.1, -0.05) is 19.1 Å². The predicted octanol–water partition coefficient (Wildman–Crippen LogP) is 2.43. The average Bonchev–Trinajstić information content (AvgIpc) is 2.28. The van der Waals surface area contributed by atoms with E-state index in [1.807, 2.05) is 20.8 Å². The average molecular weight is 197 g/mol. The Bertz CT molecular complexity index is 253. The van der Waals surface area contributed by atoms with Crippen molar-refractivity contribution >= 4 is 6.09 Å². The molecule has 1 amide bonds. The molecule has 0 aliphatic carbocycles. The molecule has 0 unspecified atom stereocenters. The number of amides is 1. The topological polar surface area (TPSA) is 29.5 Å². The molecule has 0 bridgehead atoms. The third kappa shape index (κ3) is 2.76. The lowest BCUT2D eigenvalue weighted by Crippen LogP contribution is -2.35. The van der Waals surface area contributed by atoms with Crippen LogP contribution in [0.1, 0.15) is 27.7 Å². The van der Waals surface area contributed by atoms with Gasteiger partial charge in [0.15, 0.2) is 0 Å². The van der Waals surface area contributed by atoms with Crippen LogP contribution in [0.15, 0.2) is 12.2 Å². The maximum Gasteiger partial charge on any atom is 0.410 e. The summed E-state index contributed by atoms with van der Waals surface area (Å²) in [6.07, 6.45) is -0.233. The predicted molar refractivity (Wildman–Crippen MR) is 56.1 cm³/mol. The van der Waals surface area contributed by atoms with Gasteiger partial charge in [-0.25, -0.2) is 4.79 Å². The van der Waals surface area contributed by atoms with Crippen LogP contribution in [0.25, 0.3) is 0 Å². The molecule has 1 fully saturated rings. The van der Waals surface area contributed by atoms with Crippen molar-refractivity contribution in [1.82, 2.24) is 4.90 Å². The Morgan fingerprint density at radius 3 is 2.50 bits per heavy atom. The quantitative estimate of drug-likeness (QED) is 0.558. The van der Waals surface area contributed by atoms with Crippen molar-refractivity contribution in [2.24, 2.45) is 5.92 Å². The molecular weight excluding hydrogens is 178 g/mol. The molecule has 1 aliphatic rings. The van der Waals surface area contributed by atoms with E-state index >= 15 is 0 Å². The number of carbonyl (C=O) groups is 1. The maximum absolute atomic E-state index is 11.6. The second kappa shape index (κ2) is 3.64. The van der Waals surface area contributed by atoms with E-state index in [0.717, 1.165) is 12.1 Å². The van der Waals surface area contributed by atoms with E-state index in [1.54, 1.807) is 4.90 Å². The Hall–Kier alpha value is -0.990. The molecule has 0 spiro atoms. The van der Waals surface area contributed by atoms with Gasteiger partial charge in [0.1, 0.15) is 5.60 Å². The van der Waals surface area contributed by atoms with Gasteiger partial charge in [0.2, 0.25) is 0 Å². The smallest absolute Gasteiger partial charge is 0.410 e. The van der Waals surface area contributed by atoms with Crippen LogP contribution in [0.5, 0.6) is 0 Å². The van der Waals surface area contributed by atoms with Gasteiger partial charge in [0.25, 0.3) is 0 Å². The second-order valence-electron chi connectivity index (χ2n) is 4.92. The number of nitrogens with zero attached hydrogens (tertiary/aromatic N) is 1. The first kappa shape index (κ1) is 11.1. The van der Waals surface area contributed by atoms with Gasteiger partial charge in [-0.2, -0.15) is 0 Å². The first-order valence-corrected chi connectivity index (χ1v) is 4.95. The molecule has 14 heavy (non-hydrogen) atoms. The fourth-order valence-electron chi connectivity index (χ4n) is 1.39. The lowest BCUT2D eigenvalue weighted by molar-refractivity contribution is 0.0292. The molecule has 1 heterocycles. The number of hydrogen-bond acceptors (Lipinski definition) is 2. The first-order chi connectivity index (χ1) is 6.29. The maximum atomic E-state index is 11.6. The van der Waals surface area contributed by atoms with Crippen LogP contribution in [-0.2, 0) is 4.74 Å². The van der Waals surface area contributed by atoms with Gasteiger partial charge in [0.05, 0.1) is 0 Å². The van der Waals surface area contributed by atoms with Crippen molar-refractivity contribution in [2.75, 3.05) is 13.1 Å². The summed E-state index contributed by atoms with van der Waals surface area (Å²) in [5.74, 6) is 0.391. The van der Waals surface area contributed by atoms with Gasteiger partial charge >= 0.3 is 6.09 Å². The molecule has 3 heteroatoms. The van der Waals surface area contributed by atoms with Crippen LogP contribution in [0, 0.1) is 5.92 Å². The molecule has 80 valence electrons. The summed E-state index contributed by atoms with van der Waals surface area (Å²) in [4.78, 5) is 13.3. The van der Waals surface area contributed by atoms with Crippen molar-refractivity contribution in [3.8, 4) is 0 Å². The Labute approximate surface area is 85.7 Å². The van der Waals surface area contributed by atoms with E-state index in [0.29, 0.717) is 12.5 Å². The Morgan fingerprint density at radius 2 is 2.14 bits per heavy atom. The molecular formula is C11H19NO2. The van der Waals surface area contributed by atoms with Crippen LogP contribution in [-0.4, -0.2) is 29.7 Å². The van der Waals surface area contributed by atoms with Gasteiger partial charge in [-0.3, -0.25) is 0 Å². The van der Waals surface area contributed by atoms with Crippen molar-refractivity contribution in [1.29, 1.82) is 0 Å². The SMILES string of the molecule is C=C1CN(C(=O)OC(C)(C)C)C[C@H]1C. The molecule has 1 rings (SSSR count). The van der Waals surface area contributed by atoms with Crippen LogP contribution in [0.2, 0.25) is 0 Å². The zero-order valence-corrected chi connectivity index (χ0v) is 9.46. The normalized spacial score (nSPS) is 22.7. The minimum absolute atomic E-state index is 0.233. The Morgan fingerprint density at radius 1 is 1.57 bits per heavy atom. The Kier molecular flexibility index (Phi) is 2.88. The number of rotatable bonds is 0. The molecule has 3 nitrogen and oxygen atoms in total. The Balaban J connectivity index is 2.52. The van der Waals surface area contributed by atoms with Gasteiger partial charge in [-0.05, 0) is 26.7 Å². The highest BCUT2D eigenvalue weighted by molar-refractivity contribution is 5.69. The summed E-state index contributed by atoms with van der Waals surface area (Å²) >= 11 is 0. The highest BCUT2D eigenvalue weighted by atomic mass is 16.6. The van der Waals surface area contributed by atoms with Crippen LogP contribution in [0.4, 0.5) is 4.79 Å². The summed E-state index contributed by atoms with van der Waals surface area (Å²) in [5.41, 5.74) is 0.695. The van der Waals surface area contributed by atoms with Gasteiger partial charge < -0.3 is 9.64 Å². The molecule has 0 aromatic rings. The van der Waals surface area contributed by atoms with Crippen molar-refractivity contribution in [2.45, 2.75) is 33.3 Å². The van der Waals surface area contributed by atoms with E-state index in [4.69, 9.17) is 4.74 Å². The van der Waals surface area contributed by atoms with Crippen LogP contribution >= 0.6 is 0 Å². The van der Waals surface area contributed by atoms with E-state index in [2.05, 4.69) is 13.5 Å². The highest BCUT2D eigenvalue weighted by Gasteiger charge is 2.29. The molecule has 0 radical (unpaired) electrons. The molecule has 0 saturated carbocycles. The summed E-state index contributed by atoms with van der Waals surface area (Å²) in [7, 11) is 0. The summed E-state index contributed by atoms with van der Waals surface area (Å²) < 4.78 is 5.26. The zero-order valence-electron chi connectivity index (χ0n) is 9.46. The largest absolute Gasteiger partial charge is 0.444 e. The fourth-order valence-corrected chi connectivity index (χ4v) is 1.39. The number of likely N-dealkylation sites (tertiary alicyclic amines) is 1. The fraction of sp³-hybridized carbons (Fsp3) is 0.727. The summed E-state index contributed by atoms with van der Waals surface area (Å²) in [6.45, 7) is 13.0. The number of hydrogen-bond donors (Lipinski definition) is 0. The van der Waals surface area contributed by atoms with E-state index in [9.17, 15) is 4.79 Å². The second-order valence-corrected chi connectivity index (χ2v) is 4.92. The monoisotopic (exact) mass is 197 g/mol. The molecule has 1 saturated heterocycles. The van der Waals surface area contributed by atoms with Crippen molar-refractivity contribution < 1.29 is 9.53 Å². The molecule has 0 N–H and O–H groups in total. The van der Waals surface area contributed by atoms with E-state index in [1.165, 1.54) is 0 Å². The van der Waals surface area contributed by atoms with Crippen LogP contribution < -0.4 is 0 Å². The van der Waals surface area contributed by atoms with Crippen molar-refractivity contribution in [3.05, 3.63) is 12.2 Å². The third-order valence-electron chi connectivity index (χ3n) is 2.24. The molecule has 1 atom stereocenters. The molecule has 0 aromatic heterocycles. The van der Waals surface area contributed by atoms with Crippen LogP contribution in [0.3, 0.4) is 0 Å². The summed E-state index contributed by atoms with van der Waals surface area (Å²) in [5, 5.41) is 0. The lowest BCUT2D eigenvalue weighted by Gasteiger charge is -2.24. The summed E-state index contributed by atoms with van der Waals surface area (Å²) in [6, 6.07) is 0. The molecule has 0 aromatic carbocycles. The zero-order chi connectivity index (χ0) is 10.9. The van der Waals surface area contributed by atoms with Gasteiger partial charge in [-0.15, -0.1) is 0 Å². The minimum atomic E-state index is -0.412. The number of ether oxygens (including phenoxy) is 1. The highest BCUT2D eigenvalue weighted by Crippen LogP contribution is 2.22. The standard InChI is InChI=1S/C11H19NO2/c1-8-6-12(7-9(8)2)10(13)14-11(3,4)5/h9H,1,6-7H2,2-5H3/t9-/m1/s1. The van der Waals surface area contributed by atoms with Gasteiger partial charge in [0, 0.05) is 13.1 Å². The third-order valence-corrected chi connectivity index (χ3v) is 2.24. The van der Waals surface area contributed by atoms with Crippen molar-refractivity contribution in [3.63, 3.8) is 0 Å². The van der Waals surface area contributed by atoms with E-state index in [-0.39, 0.29) is 6.09 Å². The lowest BCUT2D eigenvalue weighted by atomic mass is 10.1. The first-order valence-electron chi connectivity index (χ1n) is 4.95. The number of carbonyl (C=O) groups excluding carboxylic acids is 1. The van der Waals surface area contributed by atoms with E-state index < -0.39 is 5.60 Å². The molecule has 1 aliphatic heterocycles.